The van der Waals surface area contributed by atoms with E-state index >= 15 is 0 Å². The van der Waals surface area contributed by atoms with Crippen molar-refractivity contribution < 1.29 is 4.92 Å². The van der Waals surface area contributed by atoms with Gasteiger partial charge < -0.3 is 5.32 Å². The van der Waals surface area contributed by atoms with Gasteiger partial charge in [0.15, 0.2) is 0 Å². The molecule has 1 heterocycles. The van der Waals surface area contributed by atoms with Crippen LogP contribution in [-0.4, -0.2) is 21.2 Å². The second kappa shape index (κ2) is 7.70. The number of nitro groups is 1. The Balaban J connectivity index is 2.08. The highest BCUT2D eigenvalue weighted by Gasteiger charge is 2.12. The summed E-state index contributed by atoms with van der Waals surface area (Å²) in [6.45, 7) is 3.93. The number of non-ortho nitro benzene ring substituents is 1. The number of aryl methyl sites for hydroxylation is 1. The number of unbranched alkanes of at least 4 members (excludes halogenated alkanes) is 2. The van der Waals surface area contributed by atoms with Crippen LogP contribution in [0.15, 0.2) is 30.5 Å². The number of nitro benzene ring substituents is 1. The van der Waals surface area contributed by atoms with Gasteiger partial charge in [0.05, 0.1) is 10.6 Å². The van der Waals surface area contributed by atoms with Crippen molar-refractivity contribution >= 4 is 5.69 Å². The van der Waals surface area contributed by atoms with Gasteiger partial charge in [-0.25, -0.2) is 0 Å². The van der Waals surface area contributed by atoms with Gasteiger partial charge in [-0.05, 0) is 25.1 Å². The lowest BCUT2D eigenvalue weighted by atomic mass is 10.1. The summed E-state index contributed by atoms with van der Waals surface area (Å²) >= 11 is 0. The summed E-state index contributed by atoms with van der Waals surface area (Å²) in [7, 11) is 1.88. The Morgan fingerprint density at radius 3 is 2.64 bits per heavy atom. The van der Waals surface area contributed by atoms with E-state index in [0.29, 0.717) is 0 Å². The first-order chi connectivity index (χ1) is 10.6. The number of benzene rings is 1. The Bertz CT molecular complexity index is 620. The third-order valence-corrected chi connectivity index (χ3v) is 3.53. The highest BCUT2D eigenvalue weighted by molar-refractivity contribution is 5.64. The van der Waals surface area contributed by atoms with E-state index in [-0.39, 0.29) is 5.69 Å². The fraction of sp³-hybridized carbons (Fsp3) is 0.438. The molecule has 0 amide bonds. The zero-order valence-electron chi connectivity index (χ0n) is 13.1. The van der Waals surface area contributed by atoms with Crippen LogP contribution in [0, 0.1) is 10.1 Å². The molecule has 0 saturated heterocycles. The number of nitrogens with one attached hydrogen (secondary N) is 1. The van der Waals surface area contributed by atoms with Crippen LogP contribution in [-0.2, 0) is 13.6 Å². The number of hydrogen-bond donors (Lipinski definition) is 1. The molecule has 0 bridgehead atoms. The van der Waals surface area contributed by atoms with Crippen molar-refractivity contribution in [2.75, 3.05) is 6.54 Å². The molecule has 6 heteroatoms. The van der Waals surface area contributed by atoms with Crippen molar-refractivity contribution in [1.29, 1.82) is 0 Å². The minimum absolute atomic E-state index is 0.0962. The summed E-state index contributed by atoms with van der Waals surface area (Å²) in [5.41, 5.74) is 2.98. The van der Waals surface area contributed by atoms with Gasteiger partial charge in [-0.1, -0.05) is 19.8 Å². The molecule has 0 aliphatic carbocycles. The van der Waals surface area contributed by atoms with Gasteiger partial charge in [0, 0.05) is 43.0 Å². The topological polar surface area (TPSA) is 73.0 Å². The maximum Gasteiger partial charge on any atom is 0.269 e. The molecule has 1 aromatic carbocycles. The lowest BCUT2D eigenvalue weighted by Gasteiger charge is -2.05. The second-order valence-electron chi connectivity index (χ2n) is 5.36. The summed E-state index contributed by atoms with van der Waals surface area (Å²) in [4.78, 5) is 10.3. The third kappa shape index (κ3) is 4.14. The van der Waals surface area contributed by atoms with E-state index < -0.39 is 4.92 Å². The van der Waals surface area contributed by atoms with Crippen molar-refractivity contribution in [1.82, 2.24) is 15.1 Å². The van der Waals surface area contributed by atoms with Crippen LogP contribution < -0.4 is 5.32 Å². The van der Waals surface area contributed by atoms with Gasteiger partial charge in [-0.3, -0.25) is 14.8 Å². The van der Waals surface area contributed by atoms with Crippen LogP contribution >= 0.6 is 0 Å². The van der Waals surface area contributed by atoms with Crippen LogP contribution in [0.1, 0.15) is 31.7 Å². The molecule has 0 spiro atoms. The number of hydrogen-bond acceptors (Lipinski definition) is 4. The normalized spacial score (nSPS) is 10.8. The van der Waals surface area contributed by atoms with Gasteiger partial charge in [-0.15, -0.1) is 0 Å². The molecule has 2 rings (SSSR count). The van der Waals surface area contributed by atoms with E-state index in [1.807, 2.05) is 13.2 Å². The summed E-state index contributed by atoms with van der Waals surface area (Å²) in [6.07, 6.45) is 5.60. The average molecular weight is 302 g/mol. The van der Waals surface area contributed by atoms with Gasteiger partial charge in [0.25, 0.3) is 5.69 Å². The minimum atomic E-state index is -0.390. The van der Waals surface area contributed by atoms with Crippen molar-refractivity contribution in [3.05, 3.63) is 46.1 Å². The Kier molecular flexibility index (Phi) is 5.66. The first-order valence-corrected chi connectivity index (χ1v) is 7.60. The summed E-state index contributed by atoms with van der Waals surface area (Å²) in [5, 5.41) is 18.6. The first-order valence-electron chi connectivity index (χ1n) is 7.60. The van der Waals surface area contributed by atoms with Crippen molar-refractivity contribution in [2.45, 2.75) is 32.7 Å². The SMILES string of the molecule is CCCCCNCc1cn(C)nc1-c1ccc([N+](=O)[O-])cc1. The van der Waals surface area contributed by atoms with Crippen LogP contribution in [0.3, 0.4) is 0 Å². The van der Waals surface area contributed by atoms with E-state index in [4.69, 9.17) is 0 Å². The molecule has 1 aromatic heterocycles. The fourth-order valence-electron chi connectivity index (χ4n) is 2.37. The largest absolute Gasteiger partial charge is 0.313 e. The number of nitrogens with zero attached hydrogens (tertiary/aromatic N) is 3. The molecule has 0 radical (unpaired) electrons. The second-order valence-corrected chi connectivity index (χ2v) is 5.36. The summed E-state index contributed by atoms with van der Waals surface area (Å²) in [6, 6.07) is 6.53. The maximum atomic E-state index is 10.7. The van der Waals surface area contributed by atoms with Gasteiger partial charge in [0.2, 0.25) is 0 Å². The quantitative estimate of drug-likeness (QED) is 0.461. The fourth-order valence-corrected chi connectivity index (χ4v) is 2.37. The van der Waals surface area contributed by atoms with Crippen LogP contribution in [0.2, 0.25) is 0 Å². The zero-order valence-corrected chi connectivity index (χ0v) is 13.1. The molecule has 0 aliphatic rings. The molecule has 118 valence electrons. The summed E-state index contributed by atoms with van der Waals surface area (Å²) in [5.74, 6) is 0. The molecule has 0 saturated carbocycles. The predicted octanol–water partition coefficient (Wildman–Crippen LogP) is 3.28. The zero-order chi connectivity index (χ0) is 15.9. The molecular formula is C16H22N4O2. The van der Waals surface area contributed by atoms with Crippen molar-refractivity contribution in [2.24, 2.45) is 7.05 Å². The molecule has 2 aromatic rings. The number of rotatable bonds is 8. The lowest BCUT2D eigenvalue weighted by molar-refractivity contribution is -0.384. The standard InChI is InChI=1S/C16H22N4O2/c1-3-4-5-10-17-11-14-12-19(2)18-16(14)13-6-8-15(9-7-13)20(21)22/h6-9,12,17H,3-5,10-11H2,1-2H3. The molecule has 1 N–H and O–H groups in total. The predicted molar refractivity (Wildman–Crippen MR) is 86.5 cm³/mol. The maximum absolute atomic E-state index is 10.7. The van der Waals surface area contributed by atoms with Crippen molar-refractivity contribution in [3.8, 4) is 11.3 Å². The summed E-state index contributed by atoms with van der Waals surface area (Å²) < 4.78 is 1.78. The molecular weight excluding hydrogens is 280 g/mol. The molecule has 0 fully saturated rings. The Labute approximate surface area is 130 Å². The van der Waals surface area contributed by atoms with Gasteiger partial charge >= 0.3 is 0 Å². The minimum Gasteiger partial charge on any atom is -0.313 e. The van der Waals surface area contributed by atoms with Gasteiger partial charge in [0.1, 0.15) is 0 Å². The molecule has 22 heavy (non-hydrogen) atoms. The molecule has 0 unspecified atom stereocenters. The van der Waals surface area contributed by atoms with E-state index in [9.17, 15) is 10.1 Å². The van der Waals surface area contributed by atoms with Crippen LogP contribution in [0.25, 0.3) is 11.3 Å². The lowest BCUT2D eigenvalue weighted by Crippen LogP contribution is -2.14. The van der Waals surface area contributed by atoms with E-state index in [1.54, 1.807) is 16.8 Å². The molecule has 0 aliphatic heterocycles. The Morgan fingerprint density at radius 2 is 2.00 bits per heavy atom. The number of aromatic nitrogens is 2. The Hall–Kier alpha value is -2.21. The third-order valence-electron chi connectivity index (χ3n) is 3.53. The highest BCUT2D eigenvalue weighted by atomic mass is 16.6. The highest BCUT2D eigenvalue weighted by Crippen LogP contribution is 2.24. The van der Waals surface area contributed by atoms with Crippen LogP contribution in [0.5, 0.6) is 0 Å². The van der Waals surface area contributed by atoms with E-state index in [2.05, 4.69) is 17.3 Å². The Morgan fingerprint density at radius 1 is 1.27 bits per heavy atom. The van der Waals surface area contributed by atoms with E-state index in [0.717, 1.165) is 29.9 Å². The monoisotopic (exact) mass is 302 g/mol. The first kappa shape index (κ1) is 16.2. The van der Waals surface area contributed by atoms with Gasteiger partial charge in [-0.2, -0.15) is 5.10 Å². The molecule has 6 nitrogen and oxygen atoms in total. The van der Waals surface area contributed by atoms with Crippen molar-refractivity contribution in [3.63, 3.8) is 0 Å². The average Bonchev–Trinajstić information content (AvgIpc) is 2.88. The van der Waals surface area contributed by atoms with E-state index in [1.165, 1.54) is 31.4 Å². The smallest absolute Gasteiger partial charge is 0.269 e. The molecule has 0 atom stereocenters. The van der Waals surface area contributed by atoms with Crippen LogP contribution in [0.4, 0.5) is 5.69 Å².